The van der Waals surface area contributed by atoms with E-state index in [1.807, 2.05) is 11.0 Å². The van der Waals surface area contributed by atoms with Crippen molar-refractivity contribution in [3.8, 4) is 0 Å². The lowest BCUT2D eigenvalue weighted by Gasteiger charge is -2.36. The summed E-state index contributed by atoms with van der Waals surface area (Å²) in [4.78, 5) is 21.8. The molecule has 0 aromatic heterocycles. The predicted octanol–water partition coefficient (Wildman–Crippen LogP) is 2.61. The Labute approximate surface area is 193 Å². The third-order valence-electron chi connectivity index (χ3n) is 6.86. The van der Waals surface area contributed by atoms with Gasteiger partial charge in [-0.05, 0) is 43.7 Å². The van der Waals surface area contributed by atoms with Gasteiger partial charge in [-0.1, -0.05) is 37.5 Å². The molecule has 1 saturated carbocycles. The van der Waals surface area contributed by atoms with Crippen LogP contribution in [0.4, 0.5) is 5.69 Å². The molecule has 2 fully saturated rings. The quantitative estimate of drug-likeness (QED) is 0.404. The van der Waals surface area contributed by atoms with Crippen LogP contribution in [-0.2, 0) is 4.79 Å². The maximum Gasteiger partial charge on any atom is 0.224 e. The summed E-state index contributed by atoms with van der Waals surface area (Å²) >= 11 is 0. The molecule has 7 nitrogen and oxygen atoms in total. The highest BCUT2D eigenvalue weighted by atomic mass is 16.3. The van der Waals surface area contributed by atoms with Gasteiger partial charge in [-0.15, -0.1) is 0 Å². The molecule has 1 aliphatic heterocycles. The van der Waals surface area contributed by atoms with Crippen molar-refractivity contribution in [2.75, 3.05) is 57.3 Å². The zero-order valence-corrected chi connectivity index (χ0v) is 19.7. The van der Waals surface area contributed by atoms with E-state index in [0.29, 0.717) is 13.0 Å². The topological polar surface area (TPSA) is 80.2 Å². The number of anilines is 1. The van der Waals surface area contributed by atoms with Crippen molar-refractivity contribution in [1.82, 2.24) is 15.5 Å². The number of benzene rings is 1. The standard InChI is InChI=1S/C25H41N5O2/c1-2-26-24(28-21-25(14-20-31)12-7-4-8-13-25)27-15-11-23(32)30-18-16-29(17-19-30)22-9-5-3-6-10-22/h3,5-6,9-10,31H,2,4,7-8,11-21H2,1H3,(H2,26,27,28). The molecule has 3 rings (SSSR count). The summed E-state index contributed by atoms with van der Waals surface area (Å²) in [5, 5.41) is 16.2. The Bertz CT molecular complexity index is 705. The first-order chi connectivity index (χ1) is 15.7. The lowest BCUT2D eigenvalue weighted by atomic mass is 9.72. The van der Waals surface area contributed by atoms with Crippen LogP contribution in [-0.4, -0.2) is 74.3 Å². The minimum Gasteiger partial charge on any atom is -0.396 e. The number of hydrogen-bond donors (Lipinski definition) is 3. The molecule has 0 radical (unpaired) electrons. The number of aliphatic imine (C=N–C) groups is 1. The van der Waals surface area contributed by atoms with Gasteiger partial charge in [0.2, 0.25) is 5.91 Å². The van der Waals surface area contributed by atoms with Crippen molar-refractivity contribution in [3.05, 3.63) is 30.3 Å². The Kier molecular flexibility index (Phi) is 9.65. The molecule has 1 aromatic rings. The van der Waals surface area contributed by atoms with E-state index in [1.165, 1.54) is 24.9 Å². The van der Waals surface area contributed by atoms with E-state index in [2.05, 4.69) is 46.7 Å². The second-order valence-corrected chi connectivity index (χ2v) is 9.11. The molecular formula is C25H41N5O2. The number of amides is 1. The summed E-state index contributed by atoms with van der Waals surface area (Å²) in [7, 11) is 0. The monoisotopic (exact) mass is 443 g/mol. The molecule has 178 valence electrons. The van der Waals surface area contributed by atoms with Gasteiger partial charge in [-0.25, -0.2) is 0 Å². The fraction of sp³-hybridized carbons (Fsp3) is 0.680. The molecule has 0 unspecified atom stereocenters. The maximum absolute atomic E-state index is 12.7. The first-order valence-electron chi connectivity index (χ1n) is 12.4. The third kappa shape index (κ3) is 7.12. The van der Waals surface area contributed by atoms with E-state index >= 15 is 0 Å². The van der Waals surface area contributed by atoms with Crippen molar-refractivity contribution in [1.29, 1.82) is 0 Å². The molecule has 0 atom stereocenters. The highest BCUT2D eigenvalue weighted by Gasteiger charge is 2.31. The largest absolute Gasteiger partial charge is 0.396 e. The zero-order chi connectivity index (χ0) is 22.7. The zero-order valence-electron chi connectivity index (χ0n) is 19.7. The Morgan fingerprint density at radius 3 is 2.44 bits per heavy atom. The Morgan fingerprint density at radius 1 is 1.06 bits per heavy atom. The van der Waals surface area contributed by atoms with Crippen LogP contribution in [0.2, 0.25) is 0 Å². The number of nitrogens with zero attached hydrogens (tertiary/aromatic N) is 3. The highest BCUT2D eigenvalue weighted by molar-refractivity contribution is 5.81. The molecule has 1 heterocycles. The van der Waals surface area contributed by atoms with E-state index in [-0.39, 0.29) is 17.9 Å². The highest BCUT2D eigenvalue weighted by Crippen LogP contribution is 2.39. The van der Waals surface area contributed by atoms with E-state index < -0.39 is 0 Å². The molecule has 32 heavy (non-hydrogen) atoms. The number of carbonyl (C=O) groups excluding carboxylic acids is 1. The number of carbonyl (C=O) groups is 1. The van der Waals surface area contributed by atoms with E-state index in [9.17, 15) is 9.90 Å². The molecule has 1 saturated heterocycles. The minimum absolute atomic E-state index is 0.129. The molecule has 3 N–H and O–H groups in total. The van der Waals surface area contributed by atoms with Gasteiger partial charge >= 0.3 is 0 Å². The van der Waals surface area contributed by atoms with Crippen LogP contribution in [0.5, 0.6) is 0 Å². The second kappa shape index (κ2) is 12.7. The first kappa shape index (κ1) is 24.4. The fourth-order valence-electron chi connectivity index (χ4n) is 4.91. The first-order valence-corrected chi connectivity index (χ1v) is 12.4. The summed E-state index contributed by atoms with van der Waals surface area (Å²) in [6.45, 7) is 7.67. The lowest BCUT2D eigenvalue weighted by molar-refractivity contribution is -0.131. The lowest BCUT2D eigenvalue weighted by Crippen LogP contribution is -2.49. The number of rotatable bonds is 9. The van der Waals surface area contributed by atoms with Crippen molar-refractivity contribution in [2.24, 2.45) is 10.4 Å². The summed E-state index contributed by atoms with van der Waals surface area (Å²) in [5.41, 5.74) is 1.36. The van der Waals surface area contributed by atoms with Crippen LogP contribution in [0, 0.1) is 5.41 Å². The average molecular weight is 444 g/mol. The van der Waals surface area contributed by atoms with Crippen molar-refractivity contribution < 1.29 is 9.90 Å². The van der Waals surface area contributed by atoms with E-state index in [4.69, 9.17) is 4.99 Å². The van der Waals surface area contributed by atoms with Gasteiger partial charge in [0.25, 0.3) is 0 Å². The molecule has 2 aliphatic rings. The number of para-hydroxylation sites is 1. The summed E-state index contributed by atoms with van der Waals surface area (Å²) in [6, 6.07) is 10.4. The van der Waals surface area contributed by atoms with Gasteiger partial charge in [-0.3, -0.25) is 9.79 Å². The SMILES string of the molecule is CCNC(=NCC1(CCO)CCCCC1)NCCC(=O)N1CCN(c2ccccc2)CC1. The average Bonchev–Trinajstić information content (AvgIpc) is 2.84. The summed E-state index contributed by atoms with van der Waals surface area (Å²) in [6.07, 6.45) is 7.32. The third-order valence-corrected chi connectivity index (χ3v) is 6.86. The predicted molar refractivity (Wildman–Crippen MR) is 131 cm³/mol. The molecule has 0 spiro atoms. The van der Waals surface area contributed by atoms with E-state index in [1.54, 1.807) is 0 Å². The molecule has 7 heteroatoms. The van der Waals surface area contributed by atoms with E-state index in [0.717, 1.165) is 64.5 Å². The van der Waals surface area contributed by atoms with Crippen molar-refractivity contribution in [2.45, 2.75) is 51.9 Å². The van der Waals surface area contributed by atoms with Crippen LogP contribution >= 0.6 is 0 Å². The maximum atomic E-state index is 12.7. The van der Waals surface area contributed by atoms with Crippen molar-refractivity contribution >= 4 is 17.6 Å². The second-order valence-electron chi connectivity index (χ2n) is 9.11. The van der Waals surface area contributed by atoms with Gasteiger partial charge in [0.05, 0.1) is 0 Å². The Hall–Kier alpha value is -2.28. The van der Waals surface area contributed by atoms with Crippen molar-refractivity contribution in [3.63, 3.8) is 0 Å². The Morgan fingerprint density at radius 2 is 1.78 bits per heavy atom. The number of nitrogens with one attached hydrogen (secondary N) is 2. The normalized spacial score (nSPS) is 19.0. The molecule has 1 aliphatic carbocycles. The molecule has 1 aromatic carbocycles. The molecule has 0 bridgehead atoms. The fourth-order valence-corrected chi connectivity index (χ4v) is 4.91. The summed E-state index contributed by atoms with van der Waals surface area (Å²) in [5.74, 6) is 0.974. The molecular weight excluding hydrogens is 402 g/mol. The Balaban J connectivity index is 1.43. The van der Waals surface area contributed by atoms with Crippen LogP contribution in [0.25, 0.3) is 0 Å². The smallest absolute Gasteiger partial charge is 0.224 e. The number of piperazine rings is 1. The number of guanidine groups is 1. The van der Waals surface area contributed by atoms with Gasteiger partial charge in [0.1, 0.15) is 0 Å². The van der Waals surface area contributed by atoms with Gasteiger partial charge in [0, 0.05) is 64.5 Å². The van der Waals surface area contributed by atoms with Crippen LogP contribution in [0.3, 0.4) is 0 Å². The molecule has 1 amide bonds. The van der Waals surface area contributed by atoms with Crippen LogP contribution in [0.15, 0.2) is 35.3 Å². The van der Waals surface area contributed by atoms with Gasteiger partial charge in [0.15, 0.2) is 5.96 Å². The minimum atomic E-state index is 0.129. The van der Waals surface area contributed by atoms with Gasteiger partial charge in [-0.2, -0.15) is 0 Å². The van der Waals surface area contributed by atoms with Gasteiger partial charge < -0.3 is 25.5 Å². The number of aliphatic hydroxyl groups is 1. The summed E-state index contributed by atoms with van der Waals surface area (Å²) < 4.78 is 0. The number of aliphatic hydroxyl groups excluding tert-OH is 1. The van der Waals surface area contributed by atoms with Crippen LogP contribution in [0.1, 0.15) is 51.9 Å². The number of hydrogen-bond acceptors (Lipinski definition) is 4. The van der Waals surface area contributed by atoms with Crippen LogP contribution < -0.4 is 15.5 Å².